The van der Waals surface area contributed by atoms with Crippen molar-refractivity contribution in [2.24, 2.45) is 5.84 Å². The zero-order chi connectivity index (χ0) is 12.0. The molecule has 1 atom stereocenters. The number of thioether (sulfide) groups is 1. The van der Waals surface area contributed by atoms with Crippen LogP contribution in [0.1, 0.15) is 32.4 Å². The van der Waals surface area contributed by atoms with Crippen molar-refractivity contribution in [1.82, 2.24) is 5.43 Å². The van der Waals surface area contributed by atoms with Gasteiger partial charge in [0.05, 0.1) is 6.04 Å². The van der Waals surface area contributed by atoms with Gasteiger partial charge in [0.25, 0.3) is 0 Å². The first kappa shape index (κ1) is 13.3. The monoisotopic (exact) mass is 236 g/mol. The molecule has 1 unspecified atom stereocenters. The van der Waals surface area contributed by atoms with Crippen LogP contribution in [0.3, 0.4) is 0 Å². The van der Waals surface area contributed by atoms with E-state index in [0.717, 1.165) is 5.75 Å². The van der Waals surface area contributed by atoms with Crippen molar-refractivity contribution >= 4 is 11.8 Å². The zero-order valence-electron chi connectivity index (χ0n) is 10.2. The van der Waals surface area contributed by atoms with Gasteiger partial charge in [-0.2, -0.15) is 0 Å². The summed E-state index contributed by atoms with van der Waals surface area (Å²) in [5.74, 6) is 6.65. The minimum absolute atomic E-state index is 0.102. The molecule has 1 aromatic carbocycles. The second-order valence-corrected chi connectivity index (χ2v) is 5.23. The lowest BCUT2D eigenvalue weighted by Gasteiger charge is -2.13. The molecule has 0 saturated carbocycles. The van der Waals surface area contributed by atoms with E-state index in [0.29, 0.717) is 0 Å². The van der Waals surface area contributed by atoms with E-state index in [2.05, 4.69) is 56.5 Å². The number of nitrogens with one attached hydrogen (secondary N) is 1. The highest BCUT2D eigenvalue weighted by Gasteiger charge is 2.05. The number of hydrogen-bond acceptors (Lipinski definition) is 3. The summed E-state index contributed by atoms with van der Waals surface area (Å²) in [6.07, 6.45) is 2.13. The van der Waals surface area contributed by atoms with E-state index in [1.165, 1.54) is 16.0 Å². The molecule has 0 spiro atoms. The first-order valence-electron chi connectivity index (χ1n) is 5.51. The van der Waals surface area contributed by atoms with E-state index in [4.69, 9.17) is 5.84 Å². The molecule has 0 fully saturated rings. The van der Waals surface area contributed by atoms with Gasteiger partial charge < -0.3 is 0 Å². The molecule has 16 heavy (non-hydrogen) atoms. The number of hydrazine groups is 1. The molecule has 3 heteroatoms. The summed E-state index contributed by atoms with van der Waals surface area (Å²) in [5, 5.41) is 0. The van der Waals surface area contributed by atoms with E-state index >= 15 is 0 Å². The molecule has 0 bridgehead atoms. The summed E-state index contributed by atoms with van der Waals surface area (Å²) in [6, 6.07) is 8.65. The Hall–Kier alpha value is -0.770. The van der Waals surface area contributed by atoms with Gasteiger partial charge in [-0.25, -0.2) is 5.43 Å². The molecule has 1 aromatic rings. The Kier molecular flexibility index (Phi) is 5.60. The standard InChI is InChI=1S/C13H20N2S/c1-4-16-12-7-5-11(6-8-12)13(15-14)9-10(2)3/h5-9,13,15H,4,14H2,1-3H3. The molecule has 0 amide bonds. The summed E-state index contributed by atoms with van der Waals surface area (Å²) in [5.41, 5.74) is 5.28. The fourth-order valence-corrected chi connectivity index (χ4v) is 2.17. The smallest absolute Gasteiger partial charge is 0.0643 e. The number of nitrogens with two attached hydrogens (primary N) is 1. The highest BCUT2D eigenvalue weighted by molar-refractivity contribution is 7.99. The maximum atomic E-state index is 5.55. The van der Waals surface area contributed by atoms with Gasteiger partial charge in [-0.05, 0) is 37.3 Å². The number of rotatable bonds is 5. The molecule has 1 rings (SSSR count). The molecule has 2 nitrogen and oxygen atoms in total. The molecular formula is C13H20N2S. The van der Waals surface area contributed by atoms with Crippen molar-refractivity contribution in [3.63, 3.8) is 0 Å². The van der Waals surface area contributed by atoms with Crippen LogP contribution >= 0.6 is 11.8 Å². The number of hydrogen-bond donors (Lipinski definition) is 2. The van der Waals surface area contributed by atoms with E-state index in [-0.39, 0.29) is 6.04 Å². The van der Waals surface area contributed by atoms with Gasteiger partial charge in [0.15, 0.2) is 0 Å². The van der Waals surface area contributed by atoms with Crippen molar-refractivity contribution in [3.05, 3.63) is 41.5 Å². The topological polar surface area (TPSA) is 38.0 Å². The lowest BCUT2D eigenvalue weighted by molar-refractivity contribution is 0.651. The molecule has 0 aliphatic rings. The van der Waals surface area contributed by atoms with E-state index in [1.54, 1.807) is 0 Å². The summed E-state index contributed by atoms with van der Waals surface area (Å²) >= 11 is 1.85. The van der Waals surface area contributed by atoms with Crippen molar-refractivity contribution < 1.29 is 0 Å². The molecule has 0 radical (unpaired) electrons. The van der Waals surface area contributed by atoms with Crippen molar-refractivity contribution in [2.75, 3.05) is 5.75 Å². The second kappa shape index (κ2) is 6.74. The van der Waals surface area contributed by atoms with Crippen molar-refractivity contribution in [2.45, 2.75) is 31.7 Å². The Morgan fingerprint density at radius 1 is 1.38 bits per heavy atom. The van der Waals surface area contributed by atoms with Crippen molar-refractivity contribution in [1.29, 1.82) is 0 Å². The molecule has 88 valence electrons. The highest BCUT2D eigenvalue weighted by atomic mass is 32.2. The molecule has 0 aliphatic heterocycles. The van der Waals surface area contributed by atoms with Gasteiger partial charge in [0.2, 0.25) is 0 Å². The quantitative estimate of drug-likeness (QED) is 0.357. The molecule has 0 aromatic heterocycles. The largest absolute Gasteiger partial charge is 0.271 e. The Morgan fingerprint density at radius 2 is 2.00 bits per heavy atom. The van der Waals surface area contributed by atoms with Crippen LogP contribution in [0.15, 0.2) is 40.8 Å². The highest BCUT2D eigenvalue weighted by Crippen LogP contribution is 2.21. The third kappa shape index (κ3) is 4.00. The summed E-state index contributed by atoms with van der Waals surface area (Å²) in [4.78, 5) is 1.30. The van der Waals surface area contributed by atoms with Gasteiger partial charge in [0.1, 0.15) is 0 Å². The third-order valence-corrected chi connectivity index (χ3v) is 3.12. The molecule has 0 saturated heterocycles. The van der Waals surface area contributed by atoms with Crippen LogP contribution in [-0.4, -0.2) is 5.75 Å². The van der Waals surface area contributed by atoms with E-state index < -0.39 is 0 Å². The van der Waals surface area contributed by atoms with Gasteiger partial charge >= 0.3 is 0 Å². The predicted molar refractivity (Wildman–Crippen MR) is 72.3 cm³/mol. The minimum Gasteiger partial charge on any atom is -0.271 e. The first-order valence-corrected chi connectivity index (χ1v) is 6.49. The Labute approximate surface area is 102 Å². The Morgan fingerprint density at radius 3 is 2.44 bits per heavy atom. The summed E-state index contributed by atoms with van der Waals surface area (Å²) in [7, 11) is 0. The lowest BCUT2D eigenvalue weighted by atomic mass is 10.1. The average Bonchev–Trinajstić information content (AvgIpc) is 2.27. The van der Waals surface area contributed by atoms with Crippen LogP contribution < -0.4 is 11.3 Å². The normalized spacial score (nSPS) is 12.2. The van der Waals surface area contributed by atoms with Crippen LogP contribution in [0.5, 0.6) is 0 Å². The minimum atomic E-state index is 0.102. The maximum Gasteiger partial charge on any atom is 0.0643 e. The van der Waals surface area contributed by atoms with E-state index in [1.807, 2.05) is 11.8 Å². The molecule has 3 N–H and O–H groups in total. The third-order valence-electron chi connectivity index (χ3n) is 2.23. The fourth-order valence-electron chi connectivity index (χ4n) is 1.51. The summed E-state index contributed by atoms with van der Waals surface area (Å²) < 4.78 is 0. The summed E-state index contributed by atoms with van der Waals surface area (Å²) in [6.45, 7) is 6.31. The first-order chi connectivity index (χ1) is 7.67. The van der Waals surface area contributed by atoms with Gasteiger partial charge in [0, 0.05) is 4.90 Å². The van der Waals surface area contributed by atoms with Crippen LogP contribution in [0.2, 0.25) is 0 Å². The van der Waals surface area contributed by atoms with Gasteiger partial charge in [-0.3, -0.25) is 5.84 Å². The molecule has 0 aliphatic carbocycles. The van der Waals surface area contributed by atoms with Crippen molar-refractivity contribution in [3.8, 4) is 0 Å². The van der Waals surface area contributed by atoms with Gasteiger partial charge in [-0.15, -0.1) is 11.8 Å². The Balaban J connectivity index is 2.82. The molecule has 0 heterocycles. The lowest BCUT2D eigenvalue weighted by Crippen LogP contribution is -2.26. The van der Waals surface area contributed by atoms with Crippen LogP contribution in [0.4, 0.5) is 0 Å². The average molecular weight is 236 g/mol. The van der Waals surface area contributed by atoms with E-state index in [9.17, 15) is 0 Å². The second-order valence-electron chi connectivity index (χ2n) is 3.89. The van der Waals surface area contributed by atoms with Crippen LogP contribution in [0, 0.1) is 0 Å². The van der Waals surface area contributed by atoms with Crippen LogP contribution in [0.25, 0.3) is 0 Å². The van der Waals surface area contributed by atoms with Gasteiger partial charge in [-0.1, -0.05) is 30.7 Å². The SMILES string of the molecule is CCSc1ccc(C(C=C(C)C)NN)cc1. The maximum absolute atomic E-state index is 5.55. The van der Waals surface area contributed by atoms with Crippen LogP contribution in [-0.2, 0) is 0 Å². The fraction of sp³-hybridized carbons (Fsp3) is 0.385. The zero-order valence-corrected chi connectivity index (χ0v) is 11.0. The Bertz CT molecular complexity index is 339. The molecular weight excluding hydrogens is 216 g/mol. The number of allylic oxidation sites excluding steroid dienone is 1. The number of benzene rings is 1. The predicted octanol–water partition coefficient (Wildman–Crippen LogP) is 3.27.